The lowest BCUT2D eigenvalue weighted by Gasteiger charge is -2.24. The van der Waals surface area contributed by atoms with Gasteiger partial charge < -0.3 is 5.32 Å². The van der Waals surface area contributed by atoms with Gasteiger partial charge in [-0.2, -0.15) is 0 Å². The first-order valence-electron chi connectivity index (χ1n) is 6.66. The summed E-state index contributed by atoms with van der Waals surface area (Å²) in [5, 5.41) is 4.71. The number of nitrogens with one attached hydrogen (secondary N) is 1. The number of benzene rings is 2. The Morgan fingerprint density at radius 3 is 3.05 bits per heavy atom. The van der Waals surface area contributed by atoms with E-state index >= 15 is 0 Å². The van der Waals surface area contributed by atoms with Crippen molar-refractivity contribution in [2.45, 2.75) is 12.5 Å². The molecule has 4 heteroatoms. The van der Waals surface area contributed by atoms with Gasteiger partial charge >= 0.3 is 0 Å². The number of halogens is 1. The summed E-state index contributed by atoms with van der Waals surface area (Å²) in [5.41, 5.74) is 3.90. The van der Waals surface area contributed by atoms with E-state index in [0.29, 0.717) is 5.92 Å². The van der Waals surface area contributed by atoms with Crippen LogP contribution >= 0.6 is 27.3 Å². The molecule has 0 saturated heterocycles. The topological polar surface area (TPSA) is 24.9 Å². The fourth-order valence-electron chi connectivity index (χ4n) is 2.78. The normalized spacial score (nSPS) is 18.1. The van der Waals surface area contributed by atoms with E-state index in [1.807, 2.05) is 0 Å². The molecule has 1 aliphatic heterocycles. The molecule has 0 saturated carbocycles. The van der Waals surface area contributed by atoms with Gasteiger partial charge in [-0.3, -0.25) is 0 Å². The van der Waals surface area contributed by atoms with Crippen LogP contribution in [0.25, 0.3) is 10.2 Å². The summed E-state index contributed by atoms with van der Waals surface area (Å²) < 4.78 is 2.34. The Kier molecular flexibility index (Phi) is 3.10. The standard InChI is InChI=1S/C16H13BrN2S/c17-11-5-6-15-14(7-11)19-16(20-15)13-9-18-8-10-3-1-2-4-12(10)13/h1-7,13,18H,8-9H2. The second-order valence-electron chi connectivity index (χ2n) is 5.05. The zero-order valence-corrected chi connectivity index (χ0v) is 13.2. The third-order valence-corrected chi connectivity index (χ3v) is 5.40. The van der Waals surface area contributed by atoms with Crippen LogP contribution in [0.4, 0.5) is 0 Å². The maximum absolute atomic E-state index is 4.84. The van der Waals surface area contributed by atoms with Crippen molar-refractivity contribution < 1.29 is 0 Å². The fraction of sp³-hybridized carbons (Fsp3) is 0.188. The predicted molar refractivity (Wildman–Crippen MR) is 87.3 cm³/mol. The van der Waals surface area contributed by atoms with Gasteiger partial charge in [-0.1, -0.05) is 40.2 Å². The minimum Gasteiger partial charge on any atom is -0.312 e. The second-order valence-corrected chi connectivity index (χ2v) is 7.02. The molecular formula is C16H13BrN2S. The molecule has 2 nitrogen and oxygen atoms in total. The Morgan fingerprint density at radius 2 is 2.10 bits per heavy atom. The van der Waals surface area contributed by atoms with Crippen LogP contribution in [0.5, 0.6) is 0 Å². The maximum Gasteiger partial charge on any atom is 0.103 e. The van der Waals surface area contributed by atoms with E-state index in [4.69, 9.17) is 4.98 Å². The Hall–Kier alpha value is -1.23. The molecule has 0 aliphatic carbocycles. The van der Waals surface area contributed by atoms with Crippen molar-refractivity contribution in [3.8, 4) is 0 Å². The number of nitrogens with zero attached hydrogens (tertiary/aromatic N) is 1. The van der Waals surface area contributed by atoms with Crippen molar-refractivity contribution >= 4 is 37.5 Å². The Bertz CT molecular complexity index is 781. The Balaban J connectivity index is 1.84. The molecule has 1 unspecified atom stereocenters. The van der Waals surface area contributed by atoms with Crippen LogP contribution in [0.15, 0.2) is 46.9 Å². The smallest absolute Gasteiger partial charge is 0.103 e. The summed E-state index contributed by atoms with van der Waals surface area (Å²) in [6, 6.07) is 15.0. The maximum atomic E-state index is 4.84. The molecule has 1 aromatic heterocycles. The van der Waals surface area contributed by atoms with Crippen LogP contribution in [0.1, 0.15) is 22.1 Å². The van der Waals surface area contributed by atoms with Crippen LogP contribution in [0, 0.1) is 0 Å². The van der Waals surface area contributed by atoms with Crippen LogP contribution in [0.3, 0.4) is 0 Å². The molecular weight excluding hydrogens is 332 g/mol. The molecule has 0 fully saturated rings. The van der Waals surface area contributed by atoms with Crippen molar-refractivity contribution in [2.24, 2.45) is 0 Å². The number of thiazole rings is 1. The minimum absolute atomic E-state index is 0.371. The van der Waals surface area contributed by atoms with Gasteiger partial charge in [0.25, 0.3) is 0 Å². The van der Waals surface area contributed by atoms with Crippen LogP contribution < -0.4 is 5.32 Å². The van der Waals surface area contributed by atoms with Gasteiger partial charge in [0.05, 0.1) is 10.2 Å². The van der Waals surface area contributed by atoms with Gasteiger partial charge in [0.1, 0.15) is 5.01 Å². The van der Waals surface area contributed by atoms with Crippen molar-refractivity contribution in [3.63, 3.8) is 0 Å². The van der Waals surface area contributed by atoms with E-state index < -0.39 is 0 Å². The highest BCUT2D eigenvalue weighted by molar-refractivity contribution is 9.10. The molecule has 4 rings (SSSR count). The van der Waals surface area contributed by atoms with E-state index in [1.54, 1.807) is 11.3 Å². The van der Waals surface area contributed by atoms with E-state index in [9.17, 15) is 0 Å². The molecule has 100 valence electrons. The highest BCUT2D eigenvalue weighted by Gasteiger charge is 2.24. The number of fused-ring (bicyclic) bond motifs is 2. The average Bonchev–Trinajstić information content (AvgIpc) is 2.89. The Morgan fingerprint density at radius 1 is 1.20 bits per heavy atom. The molecule has 2 heterocycles. The zero-order chi connectivity index (χ0) is 13.5. The quantitative estimate of drug-likeness (QED) is 0.712. The van der Waals surface area contributed by atoms with Crippen LogP contribution in [-0.4, -0.2) is 11.5 Å². The summed E-state index contributed by atoms with van der Waals surface area (Å²) >= 11 is 5.32. The van der Waals surface area contributed by atoms with E-state index in [0.717, 1.165) is 23.1 Å². The Labute approximate surface area is 130 Å². The third-order valence-electron chi connectivity index (χ3n) is 3.76. The first kappa shape index (κ1) is 12.5. The SMILES string of the molecule is Brc1ccc2sc(C3CNCc4ccccc43)nc2c1. The van der Waals surface area contributed by atoms with Crippen molar-refractivity contribution in [2.75, 3.05) is 6.54 Å². The average molecular weight is 345 g/mol. The lowest BCUT2D eigenvalue weighted by molar-refractivity contribution is 0.590. The molecule has 2 aromatic carbocycles. The second kappa shape index (κ2) is 4.95. The molecule has 0 radical (unpaired) electrons. The van der Waals surface area contributed by atoms with Crippen molar-refractivity contribution in [1.29, 1.82) is 0 Å². The molecule has 1 aliphatic rings. The van der Waals surface area contributed by atoms with Gasteiger partial charge in [0.15, 0.2) is 0 Å². The van der Waals surface area contributed by atoms with E-state index in [-0.39, 0.29) is 0 Å². The highest BCUT2D eigenvalue weighted by atomic mass is 79.9. The van der Waals surface area contributed by atoms with Gasteiger partial charge in [0, 0.05) is 23.5 Å². The monoisotopic (exact) mass is 344 g/mol. The van der Waals surface area contributed by atoms with Gasteiger partial charge in [-0.25, -0.2) is 4.98 Å². The molecule has 20 heavy (non-hydrogen) atoms. The summed E-state index contributed by atoms with van der Waals surface area (Å²) in [4.78, 5) is 4.84. The third kappa shape index (κ3) is 2.08. The fourth-order valence-corrected chi connectivity index (χ4v) is 4.20. The number of rotatable bonds is 1. The van der Waals surface area contributed by atoms with Crippen LogP contribution in [0.2, 0.25) is 0 Å². The van der Waals surface area contributed by atoms with E-state index in [1.165, 1.54) is 20.8 Å². The predicted octanol–water partition coefficient (Wildman–Crippen LogP) is 4.29. The number of aromatic nitrogens is 1. The summed E-state index contributed by atoms with van der Waals surface area (Å²) in [5.74, 6) is 0.371. The molecule has 1 atom stereocenters. The van der Waals surface area contributed by atoms with Gasteiger partial charge in [0.2, 0.25) is 0 Å². The molecule has 0 amide bonds. The van der Waals surface area contributed by atoms with Crippen molar-refractivity contribution in [1.82, 2.24) is 10.3 Å². The minimum atomic E-state index is 0.371. The lowest BCUT2D eigenvalue weighted by Crippen LogP contribution is -2.28. The molecule has 3 aromatic rings. The summed E-state index contributed by atoms with van der Waals surface area (Å²) in [6.45, 7) is 1.93. The molecule has 0 bridgehead atoms. The number of hydrogen-bond acceptors (Lipinski definition) is 3. The van der Waals surface area contributed by atoms with Crippen LogP contribution in [-0.2, 0) is 6.54 Å². The largest absolute Gasteiger partial charge is 0.312 e. The summed E-state index contributed by atoms with van der Waals surface area (Å²) in [6.07, 6.45) is 0. The van der Waals surface area contributed by atoms with E-state index in [2.05, 4.69) is 63.7 Å². The first-order chi connectivity index (χ1) is 9.81. The highest BCUT2D eigenvalue weighted by Crippen LogP contribution is 2.35. The zero-order valence-electron chi connectivity index (χ0n) is 10.8. The van der Waals surface area contributed by atoms with Crippen molar-refractivity contribution in [3.05, 3.63) is 63.1 Å². The van der Waals surface area contributed by atoms with Gasteiger partial charge in [-0.15, -0.1) is 11.3 Å². The van der Waals surface area contributed by atoms with Gasteiger partial charge in [-0.05, 0) is 29.3 Å². The first-order valence-corrected chi connectivity index (χ1v) is 8.27. The lowest BCUT2D eigenvalue weighted by atomic mass is 9.91. The molecule has 1 N–H and O–H groups in total. The summed E-state index contributed by atoms with van der Waals surface area (Å²) in [7, 11) is 0. The number of hydrogen-bond donors (Lipinski definition) is 1. The molecule has 0 spiro atoms.